The molecule has 0 unspecified atom stereocenters. The second kappa shape index (κ2) is 2.19. The Balaban J connectivity index is 3.17. The molecule has 0 bridgehead atoms. The molecule has 2 N–H and O–H groups in total. The highest BCUT2D eigenvalue weighted by atomic mass is 35.5. The van der Waals surface area contributed by atoms with Crippen LogP contribution in [0.25, 0.3) is 0 Å². The van der Waals surface area contributed by atoms with E-state index >= 15 is 0 Å². The molecule has 4 heteroatoms. The molecular formula is C5H4ClFN2. The zero-order valence-corrected chi connectivity index (χ0v) is 5.19. The molecular weight excluding hydrogens is 143 g/mol. The summed E-state index contributed by atoms with van der Waals surface area (Å²) < 4.78 is 12.1. The van der Waals surface area contributed by atoms with Crippen molar-refractivity contribution in [2.45, 2.75) is 0 Å². The number of nitrogen functional groups attached to an aromatic ring is 1. The van der Waals surface area contributed by atoms with Crippen molar-refractivity contribution in [1.29, 1.82) is 0 Å². The number of aromatic nitrogens is 1. The van der Waals surface area contributed by atoms with Gasteiger partial charge in [0.1, 0.15) is 0 Å². The van der Waals surface area contributed by atoms with Crippen molar-refractivity contribution < 1.29 is 4.39 Å². The standard InChI is InChI=1S/C5H4ClFN2/c6-3-1-5(7)9-2-4(3)8/h1-2H,8H2. The molecule has 0 spiro atoms. The van der Waals surface area contributed by atoms with Crippen molar-refractivity contribution in [2.75, 3.05) is 5.73 Å². The van der Waals surface area contributed by atoms with Crippen molar-refractivity contribution >= 4 is 17.3 Å². The minimum Gasteiger partial charge on any atom is -0.396 e. The molecule has 1 rings (SSSR count). The van der Waals surface area contributed by atoms with Gasteiger partial charge >= 0.3 is 0 Å². The molecule has 0 saturated carbocycles. The van der Waals surface area contributed by atoms with E-state index in [2.05, 4.69) is 4.98 Å². The van der Waals surface area contributed by atoms with Gasteiger partial charge in [0.2, 0.25) is 5.95 Å². The van der Waals surface area contributed by atoms with Gasteiger partial charge in [-0.15, -0.1) is 0 Å². The average molecular weight is 147 g/mol. The van der Waals surface area contributed by atoms with E-state index in [1.54, 1.807) is 0 Å². The molecule has 1 heterocycles. The van der Waals surface area contributed by atoms with E-state index in [1.165, 1.54) is 6.20 Å². The summed E-state index contributed by atoms with van der Waals surface area (Å²) in [6.45, 7) is 0. The zero-order valence-electron chi connectivity index (χ0n) is 4.44. The summed E-state index contributed by atoms with van der Waals surface area (Å²) in [6.07, 6.45) is 1.18. The highest BCUT2D eigenvalue weighted by Crippen LogP contribution is 2.16. The van der Waals surface area contributed by atoms with E-state index in [4.69, 9.17) is 17.3 Å². The van der Waals surface area contributed by atoms with Crippen LogP contribution in [-0.2, 0) is 0 Å². The molecule has 1 aromatic heterocycles. The maximum absolute atomic E-state index is 12.1. The molecule has 2 nitrogen and oxygen atoms in total. The van der Waals surface area contributed by atoms with E-state index in [-0.39, 0.29) is 10.7 Å². The lowest BCUT2D eigenvalue weighted by Crippen LogP contribution is -1.89. The fraction of sp³-hybridized carbons (Fsp3) is 0. The van der Waals surface area contributed by atoms with Crippen molar-refractivity contribution in [2.24, 2.45) is 0 Å². The highest BCUT2D eigenvalue weighted by Gasteiger charge is 1.96. The predicted molar refractivity (Wildman–Crippen MR) is 33.6 cm³/mol. The second-order valence-electron chi connectivity index (χ2n) is 1.53. The molecule has 0 aromatic carbocycles. The van der Waals surface area contributed by atoms with Gasteiger partial charge in [-0.1, -0.05) is 11.6 Å². The smallest absolute Gasteiger partial charge is 0.214 e. The summed E-state index contributed by atoms with van der Waals surface area (Å²) in [4.78, 5) is 3.26. The third-order valence-electron chi connectivity index (χ3n) is 0.849. The lowest BCUT2D eigenvalue weighted by atomic mass is 10.4. The van der Waals surface area contributed by atoms with Crippen molar-refractivity contribution in [1.82, 2.24) is 4.98 Å². The van der Waals surface area contributed by atoms with Gasteiger partial charge in [-0.3, -0.25) is 0 Å². The zero-order chi connectivity index (χ0) is 6.85. The van der Waals surface area contributed by atoms with Crippen LogP contribution in [0.3, 0.4) is 0 Å². The summed E-state index contributed by atoms with van der Waals surface area (Å²) in [5.41, 5.74) is 5.52. The van der Waals surface area contributed by atoms with Crippen LogP contribution in [-0.4, -0.2) is 4.98 Å². The molecule has 0 aliphatic heterocycles. The first-order valence-corrected chi connectivity index (χ1v) is 2.64. The number of pyridine rings is 1. The molecule has 0 atom stereocenters. The van der Waals surface area contributed by atoms with Crippen LogP contribution in [0.15, 0.2) is 12.3 Å². The molecule has 0 radical (unpaired) electrons. The lowest BCUT2D eigenvalue weighted by Gasteiger charge is -1.93. The van der Waals surface area contributed by atoms with Gasteiger partial charge in [0, 0.05) is 6.07 Å². The van der Waals surface area contributed by atoms with E-state index in [0.717, 1.165) is 6.07 Å². The Morgan fingerprint density at radius 3 is 2.78 bits per heavy atom. The third-order valence-corrected chi connectivity index (χ3v) is 1.18. The Labute approximate surface area is 56.5 Å². The first-order valence-electron chi connectivity index (χ1n) is 2.26. The molecule has 48 valence electrons. The molecule has 0 aliphatic rings. The van der Waals surface area contributed by atoms with Crippen LogP contribution in [0.1, 0.15) is 0 Å². The number of nitrogens with zero attached hydrogens (tertiary/aromatic N) is 1. The Morgan fingerprint density at radius 2 is 2.33 bits per heavy atom. The largest absolute Gasteiger partial charge is 0.396 e. The average Bonchev–Trinajstić information content (AvgIpc) is 1.80. The van der Waals surface area contributed by atoms with Crippen molar-refractivity contribution in [3.05, 3.63) is 23.2 Å². The Morgan fingerprint density at radius 1 is 1.67 bits per heavy atom. The van der Waals surface area contributed by atoms with Gasteiger partial charge in [0.15, 0.2) is 0 Å². The van der Waals surface area contributed by atoms with Crippen LogP contribution >= 0.6 is 11.6 Å². The summed E-state index contributed by atoms with van der Waals surface area (Å²) in [6, 6.07) is 1.07. The molecule has 1 aromatic rings. The summed E-state index contributed by atoms with van der Waals surface area (Å²) in [7, 11) is 0. The SMILES string of the molecule is Nc1cnc(F)cc1Cl. The van der Waals surface area contributed by atoms with Gasteiger partial charge in [-0.05, 0) is 0 Å². The van der Waals surface area contributed by atoms with Gasteiger partial charge in [0.05, 0.1) is 16.9 Å². The first kappa shape index (κ1) is 6.29. The molecule has 0 saturated heterocycles. The number of anilines is 1. The van der Waals surface area contributed by atoms with Crippen LogP contribution in [0, 0.1) is 5.95 Å². The van der Waals surface area contributed by atoms with Crippen LogP contribution in [0.4, 0.5) is 10.1 Å². The van der Waals surface area contributed by atoms with E-state index in [9.17, 15) is 4.39 Å². The normalized spacial score (nSPS) is 9.56. The van der Waals surface area contributed by atoms with E-state index in [1.807, 2.05) is 0 Å². The molecule has 0 fully saturated rings. The van der Waals surface area contributed by atoms with Crippen LogP contribution in [0.2, 0.25) is 5.02 Å². The van der Waals surface area contributed by atoms with Crippen LogP contribution in [0.5, 0.6) is 0 Å². The molecule has 0 amide bonds. The fourth-order valence-corrected chi connectivity index (χ4v) is 0.557. The maximum atomic E-state index is 12.1. The van der Waals surface area contributed by atoms with Crippen LogP contribution < -0.4 is 5.73 Å². The lowest BCUT2D eigenvalue weighted by molar-refractivity contribution is 0.584. The third kappa shape index (κ3) is 1.29. The van der Waals surface area contributed by atoms with Gasteiger partial charge in [-0.2, -0.15) is 4.39 Å². The number of hydrogen-bond donors (Lipinski definition) is 1. The van der Waals surface area contributed by atoms with Gasteiger partial charge in [-0.25, -0.2) is 4.98 Å². The van der Waals surface area contributed by atoms with E-state index in [0.29, 0.717) is 0 Å². The number of rotatable bonds is 0. The molecule has 9 heavy (non-hydrogen) atoms. The fourth-order valence-electron chi connectivity index (χ4n) is 0.418. The van der Waals surface area contributed by atoms with Gasteiger partial charge in [0.25, 0.3) is 0 Å². The minimum absolute atomic E-state index is 0.197. The van der Waals surface area contributed by atoms with Gasteiger partial charge < -0.3 is 5.73 Å². The Kier molecular flexibility index (Phi) is 1.53. The summed E-state index contributed by atoms with van der Waals surface area (Å²) in [5.74, 6) is -0.616. The summed E-state index contributed by atoms with van der Waals surface area (Å²) in [5, 5.41) is 0.197. The minimum atomic E-state index is -0.616. The predicted octanol–water partition coefficient (Wildman–Crippen LogP) is 1.46. The highest BCUT2D eigenvalue weighted by molar-refractivity contribution is 6.32. The Hall–Kier alpha value is -0.830. The Bertz CT molecular complexity index is 226. The first-order chi connectivity index (χ1) is 4.20. The van der Waals surface area contributed by atoms with Crippen molar-refractivity contribution in [3.8, 4) is 0 Å². The number of hydrogen-bond acceptors (Lipinski definition) is 2. The summed E-state index contributed by atoms with van der Waals surface area (Å²) >= 11 is 5.41. The maximum Gasteiger partial charge on any atom is 0.214 e. The monoisotopic (exact) mass is 146 g/mol. The molecule has 0 aliphatic carbocycles. The quantitative estimate of drug-likeness (QED) is 0.563. The topological polar surface area (TPSA) is 38.9 Å². The van der Waals surface area contributed by atoms with E-state index < -0.39 is 5.95 Å². The van der Waals surface area contributed by atoms with Crippen molar-refractivity contribution in [3.63, 3.8) is 0 Å². The number of nitrogens with two attached hydrogens (primary N) is 1. The second-order valence-corrected chi connectivity index (χ2v) is 1.94. The number of halogens is 2.